The van der Waals surface area contributed by atoms with Crippen molar-refractivity contribution < 1.29 is 9.50 Å². The molecular weight excluding hydrogens is 297 g/mol. The Bertz CT molecular complexity index is 666. The van der Waals surface area contributed by atoms with Crippen LogP contribution in [0.2, 0.25) is 0 Å². The Labute approximate surface area is 135 Å². The quantitative estimate of drug-likeness (QED) is 0.932. The Balaban J connectivity index is 1.68. The lowest BCUT2D eigenvalue weighted by molar-refractivity contribution is 0.0823. The Morgan fingerprint density at radius 3 is 2.65 bits per heavy atom. The number of aromatic nitrogens is 4. The van der Waals surface area contributed by atoms with Crippen molar-refractivity contribution in [2.75, 3.05) is 18.0 Å². The van der Waals surface area contributed by atoms with Crippen molar-refractivity contribution in [3.05, 3.63) is 36.1 Å². The van der Waals surface area contributed by atoms with Crippen LogP contribution in [-0.4, -0.2) is 37.7 Å². The topological polar surface area (TPSA) is 67.1 Å². The van der Waals surface area contributed by atoms with E-state index in [9.17, 15) is 9.50 Å². The fraction of sp³-hybridized carbons (Fsp3) is 0.562. The second kappa shape index (κ2) is 6.62. The maximum absolute atomic E-state index is 14.4. The predicted octanol–water partition coefficient (Wildman–Crippen LogP) is 1.86. The molecule has 3 heterocycles. The fourth-order valence-corrected chi connectivity index (χ4v) is 3.16. The highest BCUT2D eigenvalue weighted by atomic mass is 19.1. The first-order valence-electron chi connectivity index (χ1n) is 8.01. The molecular formula is C16H22FN5O. The Morgan fingerprint density at radius 2 is 2.04 bits per heavy atom. The van der Waals surface area contributed by atoms with Crippen LogP contribution in [0.15, 0.2) is 18.7 Å². The number of rotatable bonds is 4. The van der Waals surface area contributed by atoms with Gasteiger partial charge in [-0.05, 0) is 25.2 Å². The molecule has 0 spiro atoms. The molecule has 124 valence electrons. The highest BCUT2D eigenvalue weighted by molar-refractivity contribution is 5.41. The molecule has 6 nitrogen and oxygen atoms in total. The minimum atomic E-state index is -0.585. The minimum absolute atomic E-state index is 0.128. The maximum atomic E-state index is 14.4. The van der Waals surface area contributed by atoms with Crippen molar-refractivity contribution in [1.29, 1.82) is 0 Å². The average molecular weight is 319 g/mol. The number of hydrogen-bond acceptors (Lipinski definition) is 5. The lowest BCUT2D eigenvalue weighted by atomic mass is 9.90. The lowest BCUT2D eigenvalue weighted by Crippen LogP contribution is -2.37. The average Bonchev–Trinajstić information content (AvgIpc) is 3.01. The molecule has 1 N–H and O–H groups in total. The monoisotopic (exact) mass is 319 g/mol. The van der Waals surface area contributed by atoms with E-state index in [1.54, 1.807) is 6.20 Å². The first-order chi connectivity index (χ1) is 11.1. The van der Waals surface area contributed by atoms with Gasteiger partial charge in [0.2, 0.25) is 0 Å². The third kappa shape index (κ3) is 3.06. The SMILES string of the molecule is CCc1ncnc(N2CCC([C@H](O)c3nccn3C)CC2)c1F. The van der Waals surface area contributed by atoms with Crippen molar-refractivity contribution >= 4 is 5.82 Å². The second-order valence-corrected chi connectivity index (χ2v) is 5.98. The molecule has 2 aromatic rings. The predicted molar refractivity (Wildman–Crippen MR) is 84.5 cm³/mol. The van der Waals surface area contributed by atoms with Crippen LogP contribution in [0, 0.1) is 11.7 Å². The van der Waals surface area contributed by atoms with Gasteiger partial charge in [0.1, 0.15) is 18.3 Å². The van der Waals surface area contributed by atoms with Gasteiger partial charge in [0.05, 0.1) is 5.69 Å². The van der Waals surface area contributed by atoms with E-state index in [4.69, 9.17) is 0 Å². The highest BCUT2D eigenvalue weighted by Gasteiger charge is 2.30. The van der Waals surface area contributed by atoms with E-state index < -0.39 is 6.10 Å². The fourth-order valence-electron chi connectivity index (χ4n) is 3.16. The van der Waals surface area contributed by atoms with Crippen molar-refractivity contribution in [1.82, 2.24) is 19.5 Å². The minimum Gasteiger partial charge on any atom is -0.385 e. The van der Waals surface area contributed by atoms with Crippen LogP contribution in [0.1, 0.15) is 37.4 Å². The first kappa shape index (κ1) is 15.9. The van der Waals surface area contributed by atoms with Crippen molar-refractivity contribution in [2.45, 2.75) is 32.3 Å². The third-order valence-electron chi connectivity index (χ3n) is 4.59. The summed E-state index contributed by atoms with van der Waals surface area (Å²) in [5.41, 5.74) is 0.449. The normalized spacial score (nSPS) is 17.5. The van der Waals surface area contributed by atoms with Gasteiger partial charge in [-0.1, -0.05) is 6.92 Å². The zero-order chi connectivity index (χ0) is 16.4. The third-order valence-corrected chi connectivity index (χ3v) is 4.59. The summed E-state index contributed by atoms with van der Waals surface area (Å²) in [4.78, 5) is 14.2. The van der Waals surface area contributed by atoms with Gasteiger partial charge in [-0.15, -0.1) is 0 Å². The molecule has 1 aliphatic heterocycles. The molecule has 0 aromatic carbocycles. The van der Waals surface area contributed by atoms with Crippen LogP contribution in [0.25, 0.3) is 0 Å². The van der Waals surface area contributed by atoms with Gasteiger partial charge in [-0.25, -0.2) is 19.3 Å². The number of imidazole rings is 1. The smallest absolute Gasteiger partial charge is 0.187 e. The molecule has 0 amide bonds. The van der Waals surface area contributed by atoms with Crippen LogP contribution in [0.5, 0.6) is 0 Å². The summed E-state index contributed by atoms with van der Waals surface area (Å²) >= 11 is 0. The van der Waals surface area contributed by atoms with Crippen molar-refractivity contribution in [3.8, 4) is 0 Å². The summed E-state index contributed by atoms with van der Waals surface area (Å²) in [5.74, 6) is 0.868. The van der Waals surface area contributed by atoms with E-state index in [1.165, 1.54) is 6.33 Å². The summed E-state index contributed by atoms with van der Waals surface area (Å²) < 4.78 is 16.2. The standard InChI is InChI=1S/C16H22FN5O/c1-3-12-13(17)15(20-10-19-12)22-7-4-11(5-8-22)14(23)16-18-6-9-21(16)2/h6,9-11,14,23H,3-5,7-8H2,1-2H3/t14-/m0/s1. The second-order valence-electron chi connectivity index (χ2n) is 5.98. The van der Waals surface area contributed by atoms with Gasteiger partial charge in [0.15, 0.2) is 11.6 Å². The number of aliphatic hydroxyl groups excluding tert-OH is 1. The number of aliphatic hydroxyl groups is 1. The van der Waals surface area contributed by atoms with Crippen molar-refractivity contribution in [3.63, 3.8) is 0 Å². The van der Waals surface area contributed by atoms with E-state index >= 15 is 0 Å². The molecule has 1 atom stereocenters. The highest BCUT2D eigenvalue weighted by Crippen LogP contribution is 2.32. The molecule has 2 aromatic heterocycles. The zero-order valence-corrected chi connectivity index (χ0v) is 13.5. The molecule has 0 bridgehead atoms. The molecule has 3 rings (SSSR count). The van der Waals surface area contributed by atoms with Crippen LogP contribution < -0.4 is 4.90 Å². The van der Waals surface area contributed by atoms with Gasteiger partial charge in [-0.2, -0.15) is 0 Å². The molecule has 1 fully saturated rings. The summed E-state index contributed by atoms with van der Waals surface area (Å²) in [5, 5.41) is 10.5. The number of piperidine rings is 1. The lowest BCUT2D eigenvalue weighted by Gasteiger charge is -2.34. The number of halogens is 1. The van der Waals surface area contributed by atoms with Crippen molar-refractivity contribution in [2.24, 2.45) is 13.0 Å². The first-order valence-corrected chi connectivity index (χ1v) is 8.01. The van der Waals surface area contributed by atoms with Gasteiger partial charge in [0.25, 0.3) is 0 Å². The van der Waals surface area contributed by atoms with Gasteiger partial charge >= 0.3 is 0 Å². The largest absolute Gasteiger partial charge is 0.385 e. The van der Waals surface area contributed by atoms with Crippen LogP contribution in [0.3, 0.4) is 0 Å². The molecule has 0 aliphatic carbocycles. The molecule has 1 aliphatic rings. The van der Waals surface area contributed by atoms with Gasteiger partial charge in [0, 0.05) is 32.5 Å². The Hall–Kier alpha value is -2.02. The van der Waals surface area contributed by atoms with Gasteiger partial charge in [-0.3, -0.25) is 0 Å². The molecule has 1 saturated heterocycles. The summed E-state index contributed by atoms with van der Waals surface area (Å²) in [6.07, 6.45) is 6.46. The zero-order valence-electron chi connectivity index (χ0n) is 13.5. The Kier molecular flexibility index (Phi) is 4.56. The number of aryl methyl sites for hydroxylation is 2. The van der Waals surface area contributed by atoms with Crippen LogP contribution in [0.4, 0.5) is 10.2 Å². The number of anilines is 1. The molecule has 23 heavy (non-hydrogen) atoms. The molecule has 0 saturated carbocycles. The summed E-state index contributed by atoms with van der Waals surface area (Å²) in [6, 6.07) is 0. The molecule has 7 heteroatoms. The van der Waals surface area contributed by atoms with E-state index in [0.29, 0.717) is 36.8 Å². The summed E-state index contributed by atoms with van der Waals surface area (Å²) in [7, 11) is 1.88. The maximum Gasteiger partial charge on any atom is 0.187 e. The van der Waals surface area contributed by atoms with Gasteiger partial charge < -0.3 is 14.6 Å². The number of hydrogen-bond donors (Lipinski definition) is 1. The van der Waals surface area contributed by atoms with Crippen LogP contribution >= 0.6 is 0 Å². The molecule has 0 radical (unpaired) electrons. The molecule has 0 unspecified atom stereocenters. The van der Waals surface area contributed by atoms with Crippen LogP contribution in [-0.2, 0) is 13.5 Å². The Morgan fingerprint density at radius 1 is 1.30 bits per heavy atom. The van der Waals surface area contributed by atoms with E-state index in [2.05, 4.69) is 15.0 Å². The number of nitrogens with zero attached hydrogens (tertiary/aromatic N) is 5. The van der Waals surface area contributed by atoms with E-state index in [0.717, 1.165) is 12.8 Å². The summed E-state index contributed by atoms with van der Waals surface area (Å²) in [6.45, 7) is 3.22. The van der Waals surface area contributed by atoms with E-state index in [-0.39, 0.29) is 11.7 Å². The van der Waals surface area contributed by atoms with E-state index in [1.807, 2.05) is 29.6 Å².